The average Bonchev–Trinajstić information content (AvgIpc) is 3.01. The van der Waals surface area contributed by atoms with Crippen LogP contribution in [0.15, 0.2) is 17.2 Å². The minimum absolute atomic E-state index is 0.00582. The summed E-state index contributed by atoms with van der Waals surface area (Å²) in [6.07, 6.45) is 1.46. The molecular weight excluding hydrogens is 340 g/mol. The molecule has 1 atom stereocenters. The van der Waals surface area contributed by atoms with Gasteiger partial charge in [-0.15, -0.1) is 0 Å². The van der Waals surface area contributed by atoms with Crippen molar-refractivity contribution in [1.82, 2.24) is 24.3 Å². The van der Waals surface area contributed by atoms with Crippen LogP contribution in [0.5, 0.6) is 0 Å². The number of aromatic nitrogens is 4. The lowest BCUT2D eigenvalue weighted by Crippen LogP contribution is -2.27. The van der Waals surface area contributed by atoms with Gasteiger partial charge in [0.2, 0.25) is 10.0 Å². The van der Waals surface area contributed by atoms with Crippen LogP contribution < -0.4 is 4.72 Å². The van der Waals surface area contributed by atoms with Crippen LogP contribution in [0, 0.1) is 20.8 Å². The molecular formula is C14H21F2N5O2S. The first-order chi connectivity index (χ1) is 11.1. The predicted octanol–water partition coefficient (Wildman–Crippen LogP) is 2.33. The van der Waals surface area contributed by atoms with Gasteiger partial charge >= 0.3 is 6.55 Å². The zero-order valence-corrected chi connectivity index (χ0v) is 14.8. The van der Waals surface area contributed by atoms with Crippen LogP contribution in [0.2, 0.25) is 0 Å². The molecule has 0 radical (unpaired) electrons. The van der Waals surface area contributed by atoms with Crippen molar-refractivity contribution in [1.29, 1.82) is 0 Å². The fourth-order valence-corrected chi connectivity index (χ4v) is 3.77. The molecule has 0 saturated heterocycles. The molecule has 1 N–H and O–H groups in total. The van der Waals surface area contributed by atoms with E-state index in [4.69, 9.17) is 0 Å². The number of aryl methyl sites for hydroxylation is 2. The molecule has 10 heteroatoms. The molecule has 0 aliphatic rings. The molecule has 0 fully saturated rings. The second-order valence-electron chi connectivity index (χ2n) is 5.72. The molecule has 7 nitrogen and oxygen atoms in total. The van der Waals surface area contributed by atoms with Crippen molar-refractivity contribution < 1.29 is 17.2 Å². The van der Waals surface area contributed by atoms with Crippen molar-refractivity contribution in [2.75, 3.05) is 6.54 Å². The molecule has 0 amide bonds. The van der Waals surface area contributed by atoms with E-state index in [0.717, 1.165) is 17.6 Å². The van der Waals surface area contributed by atoms with E-state index in [1.165, 1.54) is 6.92 Å². The highest BCUT2D eigenvalue weighted by molar-refractivity contribution is 7.89. The molecule has 0 bridgehead atoms. The highest BCUT2D eigenvalue weighted by atomic mass is 32.2. The molecule has 0 spiro atoms. The average molecular weight is 361 g/mol. The van der Waals surface area contributed by atoms with Gasteiger partial charge in [-0.25, -0.2) is 17.8 Å². The Labute approximate surface area is 139 Å². The normalized spacial score (nSPS) is 13.6. The minimum atomic E-state index is -3.88. The van der Waals surface area contributed by atoms with Gasteiger partial charge in [0.25, 0.3) is 0 Å². The molecule has 0 saturated carbocycles. The lowest BCUT2D eigenvalue weighted by atomic mass is 10.2. The smallest absolute Gasteiger partial charge is 0.267 e. The van der Waals surface area contributed by atoms with Crippen molar-refractivity contribution in [3.05, 3.63) is 29.3 Å². The van der Waals surface area contributed by atoms with Crippen LogP contribution in [-0.2, 0) is 10.0 Å². The van der Waals surface area contributed by atoms with E-state index in [0.29, 0.717) is 11.1 Å². The topological polar surface area (TPSA) is 81.8 Å². The SMILES string of the molecule is Cc1cc(C)n([C@@H](C)CCNS(=O)(=O)c2cnn(C(F)F)c2C)n1. The Balaban J connectivity index is 2.02. The van der Waals surface area contributed by atoms with Gasteiger partial charge in [-0.3, -0.25) is 4.68 Å². The standard InChI is InChI=1S/C14H21F2N5O2S/c1-9-7-11(3)20(19-9)10(2)5-6-18-24(22,23)13-8-17-21(12(13)4)14(15)16/h7-8,10,14,18H,5-6H2,1-4H3/t10-/m0/s1. The van der Waals surface area contributed by atoms with Crippen LogP contribution in [0.25, 0.3) is 0 Å². The summed E-state index contributed by atoms with van der Waals surface area (Å²) >= 11 is 0. The lowest BCUT2D eigenvalue weighted by molar-refractivity contribution is 0.0541. The Bertz CT molecular complexity index is 813. The monoisotopic (exact) mass is 361 g/mol. The zero-order valence-electron chi connectivity index (χ0n) is 14.0. The third kappa shape index (κ3) is 3.81. The molecule has 134 valence electrons. The van der Waals surface area contributed by atoms with E-state index in [2.05, 4.69) is 14.9 Å². The molecule has 2 aromatic rings. The van der Waals surface area contributed by atoms with E-state index in [-0.39, 0.29) is 23.2 Å². The first-order valence-electron chi connectivity index (χ1n) is 7.48. The van der Waals surface area contributed by atoms with Crippen molar-refractivity contribution >= 4 is 10.0 Å². The molecule has 0 aliphatic carbocycles. The van der Waals surface area contributed by atoms with Crippen LogP contribution in [0.4, 0.5) is 8.78 Å². The van der Waals surface area contributed by atoms with Crippen LogP contribution in [-0.4, -0.2) is 34.5 Å². The van der Waals surface area contributed by atoms with Crippen LogP contribution in [0.3, 0.4) is 0 Å². The minimum Gasteiger partial charge on any atom is -0.267 e. The number of halogens is 2. The molecule has 2 aromatic heterocycles. The van der Waals surface area contributed by atoms with Gasteiger partial charge in [-0.05, 0) is 40.2 Å². The van der Waals surface area contributed by atoms with Crippen molar-refractivity contribution in [2.24, 2.45) is 0 Å². The van der Waals surface area contributed by atoms with Gasteiger partial charge in [-0.2, -0.15) is 19.0 Å². The van der Waals surface area contributed by atoms with Crippen LogP contribution in [0.1, 0.15) is 43.0 Å². The summed E-state index contributed by atoms with van der Waals surface area (Å²) in [6, 6.07) is 1.95. The Morgan fingerprint density at radius 3 is 2.42 bits per heavy atom. The van der Waals surface area contributed by atoms with E-state index in [9.17, 15) is 17.2 Å². The second-order valence-corrected chi connectivity index (χ2v) is 7.46. The number of alkyl halides is 2. The third-order valence-electron chi connectivity index (χ3n) is 3.79. The lowest BCUT2D eigenvalue weighted by Gasteiger charge is -2.14. The molecule has 0 aliphatic heterocycles. The van der Waals surface area contributed by atoms with E-state index >= 15 is 0 Å². The number of rotatable bonds is 7. The third-order valence-corrected chi connectivity index (χ3v) is 5.35. The summed E-state index contributed by atoms with van der Waals surface area (Å²) < 4.78 is 54.5. The summed E-state index contributed by atoms with van der Waals surface area (Å²) in [5, 5.41) is 7.78. The highest BCUT2D eigenvalue weighted by Gasteiger charge is 2.23. The maximum Gasteiger partial charge on any atom is 0.333 e. The maximum absolute atomic E-state index is 12.7. The number of hydrogen-bond donors (Lipinski definition) is 1. The molecule has 2 rings (SSSR count). The summed E-state index contributed by atoms with van der Waals surface area (Å²) in [4.78, 5) is -0.235. The second kappa shape index (κ2) is 6.98. The van der Waals surface area contributed by atoms with Gasteiger partial charge < -0.3 is 0 Å². The Morgan fingerprint density at radius 1 is 1.25 bits per heavy atom. The summed E-state index contributed by atoms with van der Waals surface area (Å²) in [5.74, 6) is 0. The van der Waals surface area contributed by atoms with E-state index in [1.54, 1.807) is 0 Å². The van der Waals surface area contributed by atoms with E-state index in [1.807, 2.05) is 31.5 Å². The molecule has 0 unspecified atom stereocenters. The Kier molecular flexibility index (Phi) is 5.38. The van der Waals surface area contributed by atoms with E-state index < -0.39 is 16.6 Å². The van der Waals surface area contributed by atoms with Crippen molar-refractivity contribution in [3.8, 4) is 0 Å². The van der Waals surface area contributed by atoms with Crippen molar-refractivity contribution in [3.63, 3.8) is 0 Å². The van der Waals surface area contributed by atoms with Crippen LogP contribution >= 0.6 is 0 Å². The summed E-state index contributed by atoms with van der Waals surface area (Å²) in [7, 11) is -3.88. The van der Waals surface area contributed by atoms with Gasteiger partial charge in [0.05, 0.1) is 23.6 Å². The molecule has 24 heavy (non-hydrogen) atoms. The summed E-state index contributed by atoms with van der Waals surface area (Å²) in [6.45, 7) is 4.35. The number of nitrogens with one attached hydrogen (secondary N) is 1. The quantitative estimate of drug-likeness (QED) is 0.821. The largest absolute Gasteiger partial charge is 0.333 e. The van der Waals surface area contributed by atoms with Gasteiger partial charge in [0, 0.05) is 12.2 Å². The number of sulfonamides is 1. The Morgan fingerprint density at radius 2 is 1.92 bits per heavy atom. The number of hydrogen-bond acceptors (Lipinski definition) is 4. The van der Waals surface area contributed by atoms with Crippen molar-refractivity contribution in [2.45, 2.75) is 51.6 Å². The molecule has 0 aromatic carbocycles. The fourth-order valence-electron chi connectivity index (χ4n) is 2.56. The van der Waals surface area contributed by atoms with Gasteiger partial charge in [-0.1, -0.05) is 0 Å². The predicted molar refractivity (Wildman–Crippen MR) is 84.4 cm³/mol. The van der Waals surface area contributed by atoms with Gasteiger partial charge in [0.15, 0.2) is 0 Å². The highest BCUT2D eigenvalue weighted by Crippen LogP contribution is 2.20. The molecule has 2 heterocycles. The fraction of sp³-hybridized carbons (Fsp3) is 0.571. The first-order valence-corrected chi connectivity index (χ1v) is 8.96. The first kappa shape index (κ1) is 18.5. The maximum atomic E-state index is 12.7. The Hall–Kier alpha value is -1.81. The number of nitrogens with zero attached hydrogens (tertiary/aromatic N) is 4. The van der Waals surface area contributed by atoms with Gasteiger partial charge in [0.1, 0.15) is 4.90 Å². The zero-order chi connectivity index (χ0) is 18.1. The summed E-state index contributed by atoms with van der Waals surface area (Å²) in [5.41, 5.74) is 1.80.